The third kappa shape index (κ3) is 6.54. The molecule has 2 aliphatic rings. The highest BCUT2D eigenvalue weighted by atomic mass is 15.1. The molecule has 55 heavy (non-hydrogen) atoms. The normalized spacial score (nSPS) is 16.2. The number of fused-ring (bicyclic) bond motifs is 1. The minimum Gasteiger partial charge on any atom is -0.378 e. The zero-order chi connectivity index (χ0) is 37.5. The quantitative estimate of drug-likeness (QED) is 0.140. The predicted molar refractivity (Wildman–Crippen MR) is 229 cm³/mol. The van der Waals surface area contributed by atoms with Gasteiger partial charge < -0.3 is 14.9 Å². The van der Waals surface area contributed by atoms with Crippen molar-refractivity contribution < 1.29 is 0 Å². The van der Waals surface area contributed by atoms with Crippen LogP contribution in [0.2, 0.25) is 0 Å². The Balaban J connectivity index is 1.05. The predicted octanol–water partition coefficient (Wildman–Crippen LogP) is 12.2. The number of rotatable bonds is 11. The van der Waals surface area contributed by atoms with E-state index in [1.165, 1.54) is 39.1 Å². The molecule has 1 atom stereocenters. The van der Waals surface area contributed by atoms with Gasteiger partial charge >= 0.3 is 0 Å². The van der Waals surface area contributed by atoms with Crippen molar-refractivity contribution in [2.45, 2.75) is 46.0 Å². The van der Waals surface area contributed by atoms with Gasteiger partial charge in [0.2, 0.25) is 0 Å². The number of nitrogens with one attached hydrogen (secondary N) is 2. The van der Waals surface area contributed by atoms with Gasteiger partial charge in [-0.2, -0.15) is 0 Å². The number of nitrogens with zero attached hydrogens (tertiary/aromatic N) is 3. The summed E-state index contributed by atoms with van der Waals surface area (Å²) in [6, 6.07) is 47.5. The number of hydrogen-bond acceptors (Lipinski definition) is 3. The largest absolute Gasteiger partial charge is 0.378 e. The Bertz CT molecular complexity index is 2480. The number of aromatic nitrogens is 4. The van der Waals surface area contributed by atoms with Crippen LogP contribution in [0.4, 0.5) is 5.69 Å². The van der Waals surface area contributed by atoms with Crippen molar-refractivity contribution in [3.63, 3.8) is 0 Å². The van der Waals surface area contributed by atoms with Crippen molar-refractivity contribution in [3.8, 4) is 56.4 Å². The first-order valence-corrected chi connectivity index (χ1v) is 19.6. The topological polar surface area (TPSA) is 60.6 Å². The Labute approximate surface area is 324 Å². The van der Waals surface area contributed by atoms with E-state index >= 15 is 0 Å². The lowest BCUT2D eigenvalue weighted by atomic mass is 9.82. The number of allylic oxidation sites excluding steroid dienone is 4. The summed E-state index contributed by atoms with van der Waals surface area (Å²) in [6.07, 6.45) is 7.58. The fourth-order valence-corrected chi connectivity index (χ4v) is 8.48. The van der Waals surface area contributed by atoms with Gasteiger partial charge in [0.05, 0.1) is 22.8 Å². The lowest BCUT2D eigenvalue weighted by molar-refractivity contribution is 0.519. The molecule has 2 aromatic heterocycles. The highest BCUT2D eigenvalue weighted by Crippen LogP contribution is 2.62. The highest BCUT2D eigenvalue weighted by molar-refractivity contribution is 5.85. The molecule has 5 nitrogen and oxygen atoms in total. The number of anilines is 1. The molecule has 5 aromatic carbocycles. The first-order valence-electron chi connectivity index (χ1n) is 19.6. The molecule has 9 rings (SSSR count). The molecule has 5 heteroatoms. The maximum Gasteiger partial charge on any atom is 0.138 e. The van der Waals surface area contributed by atoms with Crippen LogP contribution >= 0.6 is 0 Å². The van der Waals surface area contributed by atoms with E-state index < -0.39 is 0 Å². The van der Waals surface area contributed by atoms with E-state index in [0.29, 0.717) is 0 Å². The molecule has 0 bridgehead atoms. The van der Waals surface area contributed by atoms with Crippen LogP contribution in [0.3, 0.4) is 0 Å². The zero-order valence-electron chi connectivity index (χ0n) is 32.2. The molecule has 7 aromatic rings. The second-order valence-electron chi connectivity index (χ2n) is 15.4. The maximum atomic E-state index is 5.35. The second kappa shape index (κ2) is 14.2. The number of aryl methyl sites for hydroxylation is 1. The zero-order valence-corrected chi connectivity index (χ0v) is 32.2. The van der Waals surface area contributed by atoms with Crippen LogP contribution < -0.4 is 4.90 Å². The van der Waals surface area contributed by atoms with Crippen molar-refractivity contribution in [2.24, 2.45) is 5.41 Å². The van der Waals surface area contributed by atoms with Gasteiger partial charge in [0.25, 0.3) is 0 Å². The molecule has 0 saturated heterocycles. The van der Waals surface area contributed by atoms with Crippen molar-refractivity contribution in [1.29, 1.82) is 0 Å². The van der Waals surface area contributed by atoms with E-state index in [2.05, 4.69) is 182 Å². The van der Waals surface area contributed by atoms with Crippen LogP contribution in [0.5, 0.6) is 0 Å². The van der Waals surface area contributed by atoms with Gasteiger partial charge in [-0.25, -0.2) is 9.97 Å². The number of imidazole rings is 2. The maximum absolute atomic E-state index is 5.35. The summed E-state index contributed by atoms with van der Waals surface area (Å²) in [4.78, 5) is 20.4. The lowest BCUT2D eigenvalue weighted by Crippen LogP contribution is -2.12. The molecule has 272 valence electrons. The van der Waals surface area contributed by atoms with Crippen molar-refractivity contribution in [1.82, 2.24) is 19.9 Å². The number of H-pyrrole nitrogens is 2. The van der Waals surface area contributed by atoms with Crippen LogP contribution in [0, 0.1) is 5.41 Å². The first-order chi connectivity index (χ1) is 26.9. The van der Waals surface area contributed by atoms with E-state index in [1.807, 2.05) is 0 Å². The fourth-order valence-electron chi connectivity index (χ4n) is 8.48. The van der Waals surface area contributed by atoms with Crippen LogP contribution in [-0.2, 0) is 12.8 Å². The summed E-state index contributed by atoms with van der Waals surface area (Å²) in [5.41, 5.74) is 18.1. The average molecular weight is 718 g/mol. The molecule has 2 N–H and O–H groups in total. The summed E-state index contributed by atoms with van der Waals surface area (Å²) in [5.74, 6) is 1.89. The Hall–Kier alpha value is -6.20. The summed E-state index contributed by atoms with van der Waals surface area (Å²) in [6.45, 7) is 4.54. The first kappa shape index (κ1) is 34.6. The molecule has 1 saturated carbocycles. The summed E-state index contributed by atoms with van der Waals surface area (Å²) >= 11 is 0. The molecule has 2 heterocycles. The number of aromatic amines is 2. The second-order valence-corrected chi connectivity index (χ2v) is 15.4. The SMILES string of the molecule is CCC1=C(c2nc(-c3ccccc3)c(-c3ccccc3)[nH]2)C=C2CC2(Cc2ccc(CC)c(-c3nc(-c4ccc(N(C)C)cc4)c(-c4ccccc4)[nH]3)c2)C1. The Morgan fingerprint density at radius 1 is 0.600 bits per heavy atom. The van der Waals surface area contributed by atoms with E-state index in [0.717, 1.165) is 88.8 Å². The molecule has 1 unspecified atom stereocenters. The molecule has 0 radical (unpaired) electrons. The molecule has 0 aliphatic heterocycles. The number of hydrogen-bond donors (Lipinski definition) is 2. The van der Waals surface area contributed by atoms with Gasteiger partial charge in [-0.3, -0.25) is 0 Å². The monoisotopic (exact) mass is 717 g/mol. The van der Waals surface area contributed by atoms with Gasteiger partial charge in [0.1, 0.15) is 11.6 Å². The van der Waals surface area contributed by atoms with Crippen LogP contribution in [0.1, 0.15) is 50.1 Å². The van der Waals surface area contributed by atoms with E-state index in [9.17, 15) is 0 Å². The summed E-state index contributed by atoms with van der Waals surface area (Å²) in [7, 11) is 4.15. The molecular formula is C50H47N5. The molecule has 0 spiro atoms. The minimum absolute atomic E-state index is 0.161. The highest BCUT2D eigenvalue weighted by Gasteiger charge is 2.51. The van der Waals surface area contributed by atoms with Gasteiger partial charge in [0.15, 0.2) is 0 Å². The van der Waals surface area contributed by atoms with Crippen LogP contribution in [-0.4, -0.2) is 34.0 Å². The molecule has 0 amide bonds. The van der Waals surface area contributed by atoms with Crippen molar-refractivity contribution in [2.75, 3.05) is 19.0 Å². The number of benzene rings is 5. The Morgan fingerprint density at radius 3 is 1.75 bits per heavy atom. The fraction of sp³-hybridized carbons (Fsp3) is 0.200. The summed E-state index contributed by atoms with van der Waals surface area (Å²) < 4.78 is 0. The third-order valence-electron chi connectivity index (χ3n) is 11.6. The smallest absolute Gasteiger partial charge is 0.138 e. The molecule has 2 aliphatic carbocycles. The minimum atomic E-state index is 0.161. The van der Waals surface area contributed by atoms with Gasteiger partial charge in [-0.15, -0.1) is 0 Å². The van der Waals surface area contributed by atoms with Crippen LogP contribution in [0.25, 0.3) is 62.0 Å². The van der Waals surface area contributed by atoms with Gasteiger partial charge in [0, 0.05) is 58.6 Å². The van der Waals surface area contributed by atoms with Crippen molar-refractivity contribution in [3.05, 3.63) is 168 Å². The van der Waals surface area contributed by atoms with Gasteiger partial charge in [-0.05, 0) is 61.4 Å². The lowest BCUT2D eigenvalue weighted by Gasteiger charge is -2.23. The van der Waals surface area contributed by atoms with E-state index in [1.54, 1.807) is 0 Å². The van der Waals surface area contributed by atoms with Crippen LogP contribution in [0.15, 0.2) is 151 Å². The van der Waals surface area contributed by atoms with E-state index in [-0.39, 0.29) is 5.41 Å². The third-order valence-corrected chi connectivity index (χ3v) is 11.6. The van der Waals surface area contributed by atoms with Gasteiger partial charge in [-0.1, -0.05) is 146 Å². The average Bonchev–Trinajstić information content (AvgIpc) is 3.51. The standard InChI is InChI=1S/C50H47N5/c1-5-34-23-22-33(28-42(34)48-51-46(38-20-14-9-15-21-38)47(54-48)39-24-26-41(27-25-39)55(3)4)30-50-31-35(6-2)43(29-40(50)32-50)49-52-44(36-16-10-7-11-17-36)45(53-49)37-18-12-8-13-19-37/h7-29H,5-6,30-32H2,1-4H3,(H,51,54)(H,52,53). The van der Waals surface area contributed by atoms with E-state index in [4.69, 9.17) is 9.97 Å². The summed E-state index contributed by atoms with van der Waals surface area (Å²) in [5, 5.41) is 0. The Kier molecular flexibility index (Phi) is 8.94. The Morgan fingerprint density at radius 2 is 1.16 bits per heavy atom. The molecule has 1 fully saturated rings. The van der Waals surface area contributed by atoms with Crippen molar-refractivity contribution >= 4 is 11.3 Å². The molecular weight excluding hydrogens is 671 g/mol.